The lowest BCUT2D eigenvalue weighted by Gasteiger charge is -2.10. The Morgan fingerprint density at radius 2 is 1.78 bits per heavy atom. The number of carbonyl (C=O) groups is 1. The number of halogens is 1. The molecule has 122 valence electrons. The average Bonchev–Trinajstić information content (AvgIpc) is 2.56. The molecule has 1 N–H and O–H groups in total. The van der Waals surface area contributed by atoms with E-state index in [2.05, 4.69) is 59.4 Å². The minimum Gasteiger partial charge on any atom is -0.325 e. The van der Waals surface area contributed by atoms with Crippen LogP contribution in [0.2, 0.25) is 0 Å². The van der Waals surface area contributed by atoms with E-state index in [1.807, 2.05) is 24.3 Å². The van der Waals surface area contributed by atoms with Crippen LogP contribution in [0.25, 0.3) is 0 Å². The molecule has 2 rings (SSSR count). The molecule has 2 aromatic carbocycles. The molecule has 0 bridgehead atoms. The van der Waals surface area contributed by atoms with E-state index >= 15 is 0 Å². The largest absolute Gasteiger partial charge is 0.325 e. The van der Waals surface area contributed by atoms with Gasteiger partial charge in [-0.05, 0) is 47.7 Å². The van der Waals surface area contributed by atoms with Gasteiger partial charge in [-0.2, -0.15) is 0 Å². The van der Waals surface area contributed by atoms with Crippen LogP contribution in [0.4, 0.5) is 5.69 Å². The molecule has 0 aromatic heterocycles. The van der Waals surface area contributed by atoms with Crippen LogP contribution in [0.5, 0.6) is 0 Å². The molecule has 0 radical (unpaired) electrons. The number of hydrogen-bond donors (Lipinski definition) is 1. The van der Waals surface area contributed by atoms with E-state index in [4.69, 9.17) is 0 Å². The van der Waals surface area contributed by atoms with Crippen molar-refractivity contribution in [2.45, 2.75) is 31.9 Å². The first-order chi connectivity index (χ1) is 11.1. The van der Waals surface area contributed by atoms with E-state index in [9.17, 15) is 4.79 Å². The van der Waals surface area contributed by atoms with Gasteiger partial charge in [0.25, 0.3) is 0 Å². The Bertz CT molecular complexity index is 625. The first kappa shape index (κ1) is 18.1. The van der Waals surface area contributed by atoms with Crippen molar-refractivity contribution in [2.75, 3.05) is 11.1 Å². The summed E-state index contributed by atoms with van der Waals surface area (Å²) in [7, 11) is 0. The summed E-state index contributed by atoms with van der Waals surface area (Å²) < 4.78 is 1.07. The van der Waals surface area contributed by atoms with Gasteiger partial charge in [-0.1, -0.05) is 54.0 Å². The minimum atomic E-state index is 0.0448. The fourth-order valence-electron chi connectivity index (χ4n) is 2.17. The van der Waals surface area contributed by atoms with Crippen LogP contribution in [-0.4, -0.2) is 11.7 Å². The predicted molar refractivity (Wildman–Crippen MR) is 104 cm³/mol. The maximum atomic E-state index is 12.0. The van der Waals surface area contributed by atoms with Gasteiger partial charge in [0.2, 0.25) is 5.91 Å². The van der Waals surface area contributed by atoms with Crippen LogP contribution < -0.4 is 5.32 Å². The first-order valence-corrected chi connectivity index (χ1v) is 9.75. The van der Waals surface area contributed by atoms with Gasteiger partial charge in [0.05, 0.1) is 5.75 Å². The average molecular weight is 392 g/mol. The zero-order valence-corrected chi connectivity index (χ0v) is 15.9. The summed E-state index contributed by atoms with van der Waals surface area (Å²) >= 11 is 5.05. The van der Waals surface area contributed by atoms with Crippen LogP contribution in [0.15, 0.2) is 53.0 Å². The Morgan fingerprint density at radius 3 is 2.39 bits per heavy atom. The van der Waals surface area contributed by atoms with Crippen LogP contribution in [-0.2, 0) is 10.5 Å². The second-order valence-corrected chi connectivity index (χ2v) is 7.50. The number of carbonyl (C=O) groups excluding carboxylic acids is 1. The summed E-state index contributed by atoms with van der Waals surface area (Å²) in [4.78, 5) is 12.0. The van der Waals surface area contributed by atoms with E-state index in [1.165, 1.54) is 11.1 Å². The fourth-order valence-corrected chi connectivity index (χ4v) is 3.22. The highest BCUT2D eigenvalue weighted by Crippen LogP contribution is 2.21. The van der Waals surface area contributed by atoms with Crippen molar-refractivity contribution in [3.05, 3.63) is 64.1 Å². The molecule has 0 spiro atoms. The third-order valence-electron chi connectivity index (χ3n) is 3.79. The summed E-state index contributed by atoms with van der Waals surface area (Å²) in [6, 6.07) is 16.4. The number of anilines is 1. The third kappa shape index (κ3) is 6.04. The number of amides is 1. The maximum absolute atomic E-state index is 12.0. The van der Waals surface area contributed by atoms with Gasteiger partial charge in [0.1, 0.15) is 0 Å². The summed E-state index contributed by atoms with van der Waals surface area (Å²) in [6.45, 7) is 4.40. The standard InChI is InChI=1S/C19H22BrNOS/c1-3-14(2)16-6-10-18(11-7-16)21-19(22)13-23-12-15-4-8-17(20)9-5-15/h4-11,14H,3,12-13H2,1-2H3,(H,21,22)/t14-/m0/s1. The molecule has 2 aromatic rings. The highest BCUT2D eigenvalue weighted by molar-refractivity contribution is 9.10. The lowest BCUT2D eigenvalue weighted by atomic mass is 9.99. The van der Waals surface area contributed by atoms with Gasteiger partial charge in [0.15, 0.2) is 0 Å². The zero-order valence-electron chi connectivity index (χ0n) is 13.5. The quantitative estimate of drug-likeness (QED) is 0.642. The summed E-state index contributed by atoms with van der Waals surface area (Å²) in [5, 5.41) is 2.95. The van der Waals surface area contributed by atoms with Gasteiger partial charge in [0, 0.05) is 15.9 Å². The molecule has 2 nitrogen and oxygen atoms in total. The van der Waals surface area contributed by atoms with Crippen molar-refractivity contribution in [2.24, 2.45) is 0 Å². The molecule has 0 aliphatic heterocycles. The molecular formula is C19H22BrNOS. The van der Waals surface area contributed by atoms with E-state index in [-0.39, 0.29) is 5.91 Å². The van der Waals surface area contributed by atoms with Gasteiger partial charge in [-0.15, -0.1) is 11.8 Å². The van der Waals surface area contributed by atoms with Crippen molar-refractivity contribution in [3.63, 3.8) is 0 Å². The van der Waals surface area contributed by atoms with Crippen molar-refractivity contribution in [1.29, 1.82) is 0 Å². The Balaban J connectivity index is 1.77. The molecule has 1 amide bonds. The lowest BCUT2D eigenvalue weighted by molar-refractivity contribution is -0.113. The molecular weight excluding hydrogens is 370 g/mol. The Hall–Kier alpha value is -1.26. The third-order valence-corrected chi connectivity index (χ3v) is 5.32. The van der Waals surface area contributed by atoms with Crippen LogP contribution in [0.1, 0.15) is 37.3 Å². The zero-order chi connectivity index (χ0) is 16.7. The molecule has 0 fully saturated rings. The van der Waals surface area contributed by atoms with E-state index in [0.29, 0.717) is 11.7 Å². The second kappa shape index (κ2) is 9.14. The second-order valence-electron chi connectivity index (χ2n) is 5.60. The topological polar surface area (TPSA) is 29.1 Å². The number of thioether (sulfide) groups is 1. The number of nitrogens with one attached hydrogen (secondary N) is 1. The number of hydrogen-bond acceptors (Lipinski definition) is 2. The van der Waals surface area contributed by atoms with Crippen LogP contribution in [0.3, 0.4) is 0 Å². The monoisotopic (exact) mass is 391 g/mol. The Kier molecular flexibility index (Phi) is 7.18. The lowest BCUT2D eigenvalue weighted by Crippen LogP contribution is -2.14. The summed E-state index contributed by atoms with van der Waals surface area (Å²) in [5.74, 6) is 1.90. The predicted octanol–water partition coefficient (Wildman–Crippen LogP) is 5.83. The highest BCUT2D eigenvalue weighted by atomic mass is 79.9. The Labute approximate surface area is 151 Å². The van der Waals surface area contributed by atoms with E-state index < -0.39 is 0 Å². The molecule has 0 aliphatic rings. The van der Waals surface area contributed by atoms with Gasteiger partial charge in [-0.3, -0.25) is 4.79 Å². The molecule has 1 atom stereocenters. The van der Waals surface area contributed by atoms with Crippen molar-refractivity contribution >= 4 is 39.3 Å². The number of benzene rings is 2. The minimum absolute atomic E-state index is 0.0448. The first-order valence-electron chi connectivity index (χ1n) is 7.80. The molecule has 0 unspecified atom stereocenters. The van der Waals surface area contributed by atoms with Crippen LogP contribution in [0, 0.1) is 0 Å². The van der Waals surface area contributed by atoms with E-state index in [1.54, 1.807) is 11.8 Å². The Morgan fingerprint density at radius 1 is 1.13 bits per heavy atom. The number of rotatable bonds is 7. The highest BCUT2D eigenvalue weighted by Gasteiger charge is 2.05. The van der Waals surface area contributed by atoms with E-state index in [0.717, 1.165) is 22.3 Å². The normalized spacial score (nSPS) is 12.0. The van der Waals surface area contributed by atoms with Crippen molar-refractivity contribution in [1.82, 2.24) is 0 Å². The smallest absolute Gasteiger partial charge is 0.234 e. The van der Waals surface area contributed by atoms with Crippen LogP contribution >= 0.6 is 27.7 Å². The summed E-state index contributed by atoms with van der Waals surface area (Å²) in [6.07, 6.45) is 1.12. The van der Waals surface area contributed by atoms with Gasteiger partial charge < -0.3 is 5.32 Å². The molecule has 0 heterocycles. The summed E-state index contributed by atoms with van der Waals surface area (Å²) in [5.41, 5.74) is 3.41. The molecule has 0 aliphatic carbocycles. The molecule has 4 heteroatoms. The maximum Gasteiger partial charge on any atom is 0.234 e. The molecule has 0 saturated heterocycles. The molecule has 23 heavy (non-hydrogen) atoms. The van der Waals surface area contributed by atoms with Gasteiger partial charge >= 0.3 is 0 Å². The van der Waals surface area contributed by atoms with Gasteiger partial charge in [-0.25, -0.2) is 0 Å². The van der Waals surface area contributed by atoms with Crippen molar-refractivity contribution in [3.8, 4) is 0 Å². The fraction of sp³-hybridized carbons (Fsp3) is 0.316. The SMILES string of the molecule is CC[C@H](C)c1ccc(NC(=O)CSCc2ccc(Br)cc2)cc1. The molecule has 0 saturated carbocycles. The van der Waals surface area contributed by atoms with Crippen molar-refractivity contribution < 1.29 is 4.79 Å².